The third-order valence-corrected chi connectivity index (χ3v) is 5.04. The average Bonchev–Trinajstić information content (AvgIpc) is 2.34. The first kappa shape index (κ1) is 14.4. The van der Waals surface area contributed by atoms with Gasteiger partial charge in [0.25, 0.3) is 0 Å². The Labute approximate surface area is 135 Å². The highest BCUT2D eigenvalue weighted by atomic mass is 127. The van der Waals surface area contributed by atoms with Gasteiger partial charge in [-0.25, -0.2) is 0 Å². The number of halogens is 3. The van der Waals surface area contributed by atoms with Crippen molar-refractivity contribution in [2.24, 2.45) is 0 Å². The second-order valence-electron chi connectivity index (χ2n) is 4.37. The zero-order chi connectivity index (χ0) is 13.3. The predicted octanol–water partition coefficient (Wildman–Crippen LogP) is 6.00. The van der Waals surface area contributed by atoms with Crippen LogP contribution in [-0.2, 0) is 0 Å². The fourth-order valence-corrected chi connectivity index (χ4v) is 3.09. The summed E-state index contributed by atoms with van der Waals surface area (Å²) in [6, 6.07) is 12.7. The van der Waals surface area contributed by atoms with Gasteiger partial charge >= 0.3 is 0 Å². The summed E-state index contributed by atoms with van der Waals surface area (Å²) >= 11 is 12.4. The lowest BCUT2D eigenvalue weighted by atomic mass is 9.98. The number of benzene rings is 2. The molecular weight excluding hydrogens is 422 g/mol. The average molecular weight is 436 g/mol. The zero-order valence-corrected chi connectivity index (χ0v) is 14.7. The summed E-state index contributed by atoms with van der Waals surface area (Å²) in [5, 5.41) is -0.0891. The van der Waals surface area contributed by atoms with Crippen LogP contribution in [0.3, 0.4) is 0 Å². The fraction of sp³-hybridized carbons (Fsp3) is 0.200. The maximum Gasteiger partial charge on any atom is 0.0838 e. The van der Waals surface area contributed by atoms with Crippen LogP contribution in [0.2, 0.25) is 0 Å². The van der Waals surface area contributed by atoms with Crippen LogP contribution in [0.1, 0.15) is 27.6 Å². The highest BCUT2D eigenvalue weighted by Crippen LogP contribution is 2.33. The Hall–Kier alpha value is -0.0600. The van der Waals surface area contributed by atoms with E-state index in [1.807, 2.05) is 0 Å². The van der Waals surface area contributed by atoms with Crippen LogP contribution in [0.15, 0.2) is 40.9 Å². The zero-order valence-electron chi connectivity index (χ0n) is 10.2. The molecule has 18 heavy (non-hydrogen) atoms. The molecule has 1 atom stereocenters. The monoisotopic (exact) mass is 434 g/mol. The van der Waals surface area contributed by atoms with E-state index in [-0.39, 0.29) is 5.38 Å². The highest BCUT2D eigenvalue weighted by molar-refractivity contribution is 14.1. The molecule has 0 nitrogen and oxygen atoms in total. The van der Waals surface area contributed by atoms with Crippen molar-refractivity contribution in [2.75, 3.05) is 0 Å². The minimum Gasteiger partial charge on any atom is -0.113 e. The molecule has 0 heterocycles. The van der Waals surface area contributed by atoms with E-state index in [1.165, 1.54) is 20.3 Å². The third kappa shape index (κ3) is 3.09. The molecule has 2 aromatic carbocycles. The summed E-state index contributed by atoms with van der Waals surface area (Å²) in [4.78, 5) is 0. The molecule has 0 amide bonds. The van der Waals surface area contributed by atoms with Crippen molar-refractivity contribution in [3.05, 3.63) is 66.7 Å². The summed E-state index contributed by atoms with van der Waals surface area (Å²) in [7, 11) is 0. The maximum atomic E-state index is 6.60. The lowest BCUT2D eigenvalue weighted by Gasteiger charge is -2.15. The summed E-state index contributed by atoms with van der Waals surface area (Å²) in [6.45, 7) is 4.19. The molecule has 0 N–H and O–H groups in total. The minimum atomic E-state index is -0.0891. The fourth-order valence-electron chi connectivity index (χ4n) is 1.89. The standard InChI is InChI=1S/C15H13BrClI/c1-9-8-14(16)10(2)7-13(9)15(17)11-3-5-12(18)6-4-11/h3-8,15H,1-2H3. The molecule has 0 spiro atoms. The molecule has 0 aliphatic heterocycles. The van der Waals surface area contributed by atoms with Gasteiger partial charge in [-0.3, -0.25) is 0 Å². The lowest BCUT2D eigenvalue weighted by Crippen LogP contribution is -1.97. The quantitative estimate of drug-likeness (QED) is 0.401. The van der Waals surface area contributed by atoms with E-state index in [0.717, 1.165) is 10.0 Å². The topological polar surface area (TPSA) is 0 Å². The highest BCUT2D eigenvalue weighted by Gasteiger charge is 2.14. The minimum absolute atomic E-state index is 0.0891. The molecule has 0 aromatic heterocycles. The number of rotatable bonds is 2. The van der Waals surface area contributed by atoms with Gasteiger partial charge in [0, 0.05) is 8.04 Å². The smallest absolute Gasteiger partial charge is 0.0838 e. The van der Waals surface area contributed by atoms with Gasteiger partial charge < -0.3 is 0 Å². The molecule has 0 bridgehead atoms. The van der Waals surface area contributed by atoms with Crippen LogP contribution in [0, 0.1) is 17.4 Å². The van der Waals surface area contributed by atoms with Crippen molar-refractivity contribution in [2.45, 2.75) is 19.2 Å². The molecule has 0 radical (unpaired) electrons. The Balaban J connectivity index is 2.42. The van der Waals surface area contributed by atoms with Gasteiger partial charge in [0.15, 0.2) is 0 Å². The van der Waals surface area contributed by atoms with Crippen LogP contribution < -0.4 is 0 Å². The second kappa shape index (κ2) is 5.93. The molecule has 1 unspecified atom stereocenters. The van der Waals surface area contributed by atoms with Crippen molar-refractivity contribution in [3.8, 4) is 0 Å². The van der Waals surface area contributed by atoms with Crippen molar-refractivity contribution in [1.29, 1.82) is 0 Å². The third-order valence-electron chi connectivity index (χ3n) is 2.98. The first-order chi connectivity index (χ1) is 8.49. The molecular formula is C15H13BrClI. The largest absolute Gasteiger partial charge is 0.113 e. The summed E-state index contributed by atoms with van der Waals surface area (Å²) in [5.74, 6) is 0. The molecule has 0 saturated carbocycles. The van der Waals surface area contributed by atoms with E-state index in [0.29, 0.717) is 0 Å². The van der Waals surface area contributed by atoms with Gasteiger partial charge in [-0.15, -0.1) is 11.6 Å². The Morgan fingerprint density at radius 2 is 1.67 bits per heavy atom. The first-order valence-corrected chi connectivity index (χ1v) is 7.96. The molecule has 2 aromatic rings. The van der Waals surface area contributed by atoms with Gasteiger partial charge in [-0.1, -0.05) is 34.1 Å². The van der Waals surface area contributed by atoms with Crippen LogP contribution in [0.25, 0.3) is 0 Å². The van der Waals surface area contributed by atoms with Crippen LogP contribution in [-0.4, -0.2) is 0 Å². The Morgan fingerprint density at radius 3 is 2.28 bits per heavy atom. The normalized spacial score (nSPS) is 12.5. The molecule has 0 aliphatic rings. The van der Waals surface area contributed by atoms with Gasteiger partial charge in [0.05, 0.1) is 5.38 Å². The van der Waals surface area contributed by atoms with Gasteiger partial charge in [0.1, 0.15) is 0 Å². The van der Waals surface area contributed by atoms with E-state index >= 15 is 0 Å². The maximum absolute atomic E-state index is 6.60. The Bertz CT molecular complexity index is 563. The Morgan fingerprint density at radius 1 is 1.06 bits per heavy atom. The van der Waals surface area contributed by atoms with Gasteiger partial charge in [-0.05, 0) is 76.9 Å². The van der Waals surface area contributed by atoms with Gasteiger partial charge in [0.2, 0.25) is 0 Å². The summed E-state index contributed by atoms with van der Waals surface area (Å²) < 4.78 is 2.36. The predicted molar refractivity (Wildman–Crippen MR) is 90.5 cm³/mol. The number of hydrogen-bond acceptors (Lipinski definition) is 0. The Kier molecular flexibility index (Phi) is 4.73. The SMILES string of the molecule is Cc1cc(C(Cl)c2ccc(I)cc2)c(C)cc1Br. The van der Waals surface area contributed by atoms with Gasteiger partial charge in [-0.2, -0.15) is 0 Å². The van der Waals surface area contributed by atoms with Crippen molar-refractivity contribution < 1.29 is 0 Å². The molecule has 2 rings (SSSR count). The molecule has 0 saturated heterocycles. The van der Waals surface area contributed by atoms with E-state index in [2.05, 4.69) is 88.8 Å². The van der Waals surface area contributed by atoms with Crippen molar-refractivity contribution in [3.63, 3.8) is 0 Å². The second-order valence-corrected chi connectivity index (χ2v) is 6.91. The van der Waals surface area contributed by atoms with E-state index in [1.54, 1.807) is 0 Å². The van der Waals surface area contributed by atoms with Crippen molar-refractivity contribution >= 4 is 50.1 Å². The molecule has 0 aliphatic carbocycles. The number of hydrogen-bond donors (Lipinski definition) is 0. The van der Waals surface area contributed by atoms with Crippen LogP contribution >= 0.6 is 50.1 Å². The number of aryl methyl sites for hydroxylation is 2. The van der Waals surface area contributed by atoms with Crippen LogP contribution in [0.5, 0.6) is 0 Å². The van der Waals surface area contributed by atoms with Crippen molar-refractivity contribution in [1.82, 2.24) is 0 Å². The lowest BCUT2D eigenvalue weighted by molar-refractivity contribution is 1.10. The molecule has 0 fully saturated rings. The first-order valence-electron chi connectivity index (χ1n) is 5.65. The van der Waals surface area contributed by atoms with E-state index < -0.39 is 0 Å². The van der Waals surface area contributed by atoms with E-state index in [9.17, 15) is 0 Å². The number of alkyl halides is 1. The molecule has 3 heteroatoms. The summed E-state index contributed by atoms with van der Waals surface area (Å²) in [5.41, 5.74) is 4.75. The summed E-state index contributed by atoms with van der Waals surface area (Å²) in [6.07, 6.45) is 0. The molecule has 94 valence electrons. The van der Waals surface area contributed by atoms with E-state index in [4.69, 9.17) is 11.6 Å². The van der Waals surface area contributed by atoms with Crippen LogP contribution in [0.4, 0.5) is 0 Å².